The van der Waals surface area contributed by atoms with Crippen LogP contribution >= 0.6 is 34.4 Å². The molecule has 0 aliphatic rings. The molecule has 0 fully saturated rings. The minimum absolute atomic E-state index is 0.0506. The number of nitrogens with one attached hydrogen (secondary N) is 1. The zero-order valence-corrected chi connectivity index (χ0v) is 13.7. The van der Waals surface area contributed by atoms with E-state index in [4.69, 9.17) is 4.74 Å². The van der Waals surface area contributed by atoms with Gasteiger partial charge in [-0.1, -0.05) is 22.7 Å². The molecule has 0 aliphatic carbocycles. The van der Waals surface area contributed by atoms with E-state index < -0.39 is 4.92 Å². The molecule has 1 N–H and O–H groups in total. The largest absolute Gasteiger partial charge is 0.383 e. The van der Waals surface area contributed by atoms with Gasteiger partial charge in [0.2, 0.25) is 10.2 Å². The maximum Gasteiger partial charge on any atom is 0.363 e. The summed E-state index contributed by atoms with van der Waals surface area (Å²) in [6, 6.07) is 0. The van der Waals surface area contributed by atoms with Crippen molar-refractivity contribution in [3.05, 3.63) is 21.7 Å². The third kappa shape index (κ3) is 3.04. The Balaban J connectivity index is 1.79. The Morgan fingerprint density at radius 2 is 2.41 bits per heavy atom. The molecule has 0 atom stereocenters. The smallest absolute Gasteiger partial charge is 0.363 e. The summed E-state index contributed by atoms with van der Waals surface area (Å²) in [5.41, 5.74) is 0. The Morgan fingerprint density at radius 1 is 1.55 bits per heavy atom. The van der Waals surface area contributed by atoms with E-state index in [-0.39, 0.29) is 5.82 Å². The van der Waals surface area contributed by atoms with Gasteiger partial charge in [-0.3, -0.25) is 0 Å². The third-order valence-corrected chi connectivity index (χ3v) is 5.21. The van der Waals surface area contributed by atoms with Crippen LogP contribution < -0.4 is 5.32 Å². The number of aromatic nitrogens is 4. The topological polar surface area (TPSA) is 107 Å². The van der Waals surface area contributed by atoms with Crippen molar-refractivity contribution in [1.29, 1.82) is 0 Å². The Hall–Kier alpha value is -1.76. The van der Waals surface area contributed by atoms with Gasteiger partial charge in [-0.25, -0.2) is 0 Å². The minimum atomic E-state index is -0.437. The number of hydrogen-bond acceptors (Lipinski definition) is 10. The molecule has 116 valence electrons. The molecule has 0 amide bonds. The fourth-order valence-corrected chi connectivity index (χ4v) is 4.21. The molecule has 3 aromatic heterocycles. The number of anilines is 1. The van der Waals surface area contributed by atoms with Crippen LogP contribution in [0.25, 0.3) is 4.96 Å². The Bertz CT molecular complexity index is 797. The van der Waals surface area contributed by atoms with Gasteiger partial charge in [0.15, 0.2) is 4.34 Å². The van der Waals surface area contributed by atoms with Crippen LogP contribution in [0.2, 0.25) is 0 Å². The highest BCUT2D eigenvalue weighted by Gasteiger charge is 2.25. The molecule has 0 spiro atoms. The third-order valence-electron chi connectivity index (χ3n) is 2.55. The van der Waals surface area contributed by atoms with E-state index >= 15 is 0 Å². The first-order valence-corrected chi connectivity index (χ1v) is 8.54. The van der Waals surface area contributed by atoms with Crippen LogP contribution in [-0.4, -0.2) is 44.8 Å². The highest BCUT2D eigenvalue weighted by molar-refractivity contribution is 8.01. The standard InChI is InChI=1S/C10H10N6O3S3/c1-19-4-2-11-8-13-14-10(22-8)21-6-7(16(17)18)15-3-5-20-9(15)12-6/h3,5H,2,4H2,1H3,(H,11,13). The number of thiazole rings is 1. The Morgan fingerprint density at radius 3 is 3.18 bits per heavy atom. The van der Waals surface area contributed by atoms with Crippen LogP contribution in [0.4, 0.5) is 10.9 Å². The van der Waals surface area contributed by atoms with Crippen molar-refractivity contribution in [3.8, 4) is 0 Å². The molecule has 12 heteroatoms. The number of fused-ring (bicyclic) bond motifs is 1. The molecule has 0 aromatic carbocycles. The molecule has 3 aromatic rings. The lowest BCUT2D eigenvalue weighted by Gasteiger charge is -1.98. The second-order valence-corrected chi connectivity index (χ2v) is 7.03. The Labute approximate surface area is 136 Å². The van der Waals surface area contributed by atoms with Crippen LogP contribution in [0.15, 0.2) is 20.9 Å². The average molecular weight is 358 g/mol. The summed E-state index contributed by atoms with van der Waals surface area (Å²) in [7, 11) is 1.62. The molecule has 0 saturated heterocycles. The number of methoxy groups -OCH3 is 1. The zero-order valence-electron chi connectivity index (χ0n) is 11.3. The lowest BCUT2D eigenvalue weighted by Crippen LogP contribution is -2.06. The van der Waals surface area contributed by atoms with Crippen molar-refractivity contribution < 1.29 is 9.66 Å². The van der Waals surface area contributed by atoms with E-state index in [9.17, 15) is 10.1 Å². The van der Waals surface area contributed by atoms with Crippen molar-refractivity contribution in [1.82, 2.24) is 19.6 Å². The SMILES string of the molecule is COCCNc1nnc(Sc2nc3sccn3c2[N+](=O)[O-])s1. The number of nitrogens with zero attached hydrogens (tertiary/aromatic N) is 5. The fourth-order valence-electron chi connectivity index (χ4n) is 1.65. The van der Waals surface area contributed by atoms with Gasteiger partial charge in [-0.2, -0.15) is 9.38 Å². The first-order valence-electron chi connectivity index (χ1n) is 6.03. The molecular formula is C10H10N6O3S3. The average Bonchev–Trinajstić information content (AvgIpc) is 3.15. The van der Waals surface area contributed by atoms with E-state index in [1.807, 2.05) is 0 Å². The van der Waals surface area contributed by atoms with E-state index in [2.05, 4.69) is 20.5 Å². The molecule has 22 heavy (non-hydrogen) atoms. The first-order chi connectivity index (χ1) is 10.7. The molecule has 0 aliphatic heterocycles. The van der Waals surface area contributed by atoms with E-state index in [1.54, 1.807) is 18.7 Å². The number of hydrogen-bond donors (Lipinski definition) is 1. The summed E-state index contributed by atoms with van der Waals surface area (Å²) < 4.78 is 6.99. The van der Waals surface area contributed by atoms with Crippen LogP contribution in [0.3, 0.4) is 0 Å². The quantitative estimate of drug-likeness (QED) is 0.390. The van der Waals surface area contributed by atoms with E-state index in [1.165, 1.54) is 27.1 Å². The fraction of sp³-hybridized carbons (Fsp3) is 0.300. The van der Waals surface area contributed by atoms with Gasteiger partial charge < -0.3 is 20.2 Å². The lowest BCUT2D eigenvalue weighted by molar-refractivity contribution is -0.393. The van der Waals surface area contributed by atoms with Crippen LogP contribution in [-0.2, 0) is 4.74 Å². The van der Waals surface area contributed by atoms with Gasteiger partial charge in [0.1, 0.15) is 6.20 Å². The molecule has 0 bridgehead atoms. The summed E-state index contributed by atoms with van der Waals surface area (Å²) in [5.74, 6) is -0.0506. The van der Waals surface area contributed by atoms with Gasteiger partial charge in [-0.15, -0.1) is 10.2 Å². The number of ether oxygens (including phenoxy) is 1. The molecular weight excluding hydrogens is 348 g/mol. The summed E-state index contributed by atoms with van der Waals surface area (Å²) in [6.07, 6.45) is 1.63. The maximum absolute atomic E-state index is 11.2. The van der Waals surface area contributed by atoms with Gasteiger partial charge in [0, 0.05) is 19.0 Å². The van der Waals surface area contributed by atoms with Crippen molar-refractivity contribution in [2.24, 2.45) is 0 Å². The highest BCUT2D eigenvalue weighted by atomic mass is 32.2. The van der Waals surface area contributed by atoms with Crippen molar-refractivity contribution in [3.63, 3.8) is 0 Å². The van der Waals surface area contributed by atoms with Crippen LogP contribution in [0.1, 0.15) is 0 Å². The molecule has 0 radical (unpaired) electrons. The predicted molar refractivity (Wildman–Crippen MR) is 84.1 cm³/mol. The van der Waals surface area contributed by atoms with Gasteiger partial charge >= 0.3 is 5.82 Å². The van der Waals surface area contributed by atoms with Crippen molar-refractivity contribution in [2.45, 2.75) is 9.37 Å². The first kappa shape index (κ1) is 15.1. The molecule has 0 unspecified atom stereocenters. The minimum Gasteiger partial charge on any atom is -0.383 e. The van der Waals surface area contributed by atoms with Gasteiger partial charge in [-0.05, 0) is 16.7 Å². The molecule has 0 saturated carbocycles. The zero-order chi connectivity index (χ0) is 15.5. The number of imidazole rings is 1. The number of nitro groups is 1. The predicted octanol–water partition coefficient (Wildman–Crippen LogP) is 2.37. The molecule has 3 rings (SSSR count). The van der Waals surface area contributed by atoms with Crippen LogP contribution in [0.5, 0.6) is 0 Å². The van der Waals surface area contributed by atoms with Crippen molar-refractivity contribution >= 4 is 50.3 Å². The summed E-state index contributed by atoms with van der Waals surface area (Å²) >= 11 is 3.80. The maximum atomic E-state index is 11.2. The molecule has 3 heterocycles. The van der Waals surface area contributed by atoms with Crippen molar-refractivity contribution in [2.75, 3.05) is 25.6 Å². The normalized spacial score (nSPS) is 11.1. The summed E-state index contributed by atoms with van der Waals surface area (Å²) in [5, 5.41) is 25.0. The van der Waals surface area contributed by atoms with Gasteiger partial charge in [0.05, 0.1) is 6.61 Å². The van der Waals surface area contributed by atoms with E-state index in [0.717, 1.165) is 11.8 Å². The van der Waals surface area contributed by atoms with Gasteiger partial charge in [0.25, 0.3) is 4.96 Å². The summed E-state index contributed by atoms with van der Waals surface area (Å²) in [4.78, 5) is 15.7. The Kier molecular flexibility index (Phi) is 4.52. The highest BCUT2D eigenvalue weighted by Crippen LogP contribution is 2.37. The number of rotatable bonds is 7. The monoisotopic (exact) mass is 358 g/mol. The molecule has 9 nitrogen and oxygen atoms in total. The second-order valence-electron chi connectivity index (χ2n) is 3.95. The lowest BCUT2D eigenvalue weighted by atomic mass is 10.7. The van der Waals surface area contributed by atoms with E-state index in [0.29, 0.717) is 32.6 Å². The summed E-state index contributed by atoms with van der Waals surface area (Å²) in [6.45, 7) is 1.18. The second kappa shape index (κ2) is 6.56. The van der Waals surface area contributed by atoms with Crippen LogP contribution in [0, 0.1) is 10.1 Å².